The van der Waals surface area contributed by atoms with Crippen LogP contribution in [-0.2, 0) is 0 Å². The monoisotopic (exact) mass is 153 g/mol. The first-order chi connectivity index (χ1) is 5.36. The highest BCUT2D eigenvalue weighted by Crippen LogP contribution is 2.24. The van der Waals surface area contributed by atoms with Gasteiger partial charge < -0.3 is 9.73 Å². The smallest absolute Gasteiger partial charge is 0.233 e. The van der Waals surface area contributed by atoms with Crippen molar-refractivity contribution in [3.05, 3.63) is 12.3 Å². The summed E-state index contributed by atoms with van der Waals surface area (Å²) in [6.45, 7) is 3.26. The number of nitrogens with zero attached hydrogens (tertiary/aromatic N) is 2. The lowest BCUT2D eigenvalue weighted by atomic mass is 10.1. The molecule has 2 heterocycles. The van der Waals surface area contributed by atoms with Gasteiger partial charge in [-0.15, -0.1) is 10.2 Å². The van der Waals surface area contributed by atoms with Crippen molar-refractivity contribution in [3.8, 4) is 0 Å². The van der Waals surface area contributed by atoms with Gasteiger partial charge in [-0.2, -0.15) is 0 Å². The Hall–Kier alpha value is -0.900. The molecule has 1 saturated heterocycles. The van der Waals surface area contributed by atoms with Crippen LogP contribution in [0.1, 0.15) is 25.3 Å². The van der Waals surface area contributed by atoms with Gasteiger partial charge in [0.1, 0.15) is 0 Å². The number of hydrogen-bond acceptors (Lipinski definition) is 4. The predicted octanol–water partition coefficient (Wildman–Crippen LogP) is 0.740. The van der Waals surface area contributed by atoms with Gasteiger partial charge in [-0.3, -0.25) is 0 Å². The quantitative estimate of drug-likeness (QED) is 0.646. The molecule has 2 rings (SSSR count). The minimum absolute atomic E-state index is 0.285. The molecule has 0 saturated carbocycles. The lowest BCUT2D eigenvalue weighted by Crippen LogP contribution is -2.13. The Labute approximate surface area is 65.0 Å². The topological polar surface area (TPSA) is 51.0 Å². The van der Waals surface area contributed by atoms with Crippen molar-refractivity contribution in [1.29, 1.82) is 0 Å². The summed E-state index contributed by atoms with van der Waals surface area (Å²) in [6, 6.07) is 0.285. The van der Waals surface area contributed by atoms with E-state index in [0.717, 1.165) is 13.0 Å². The number of nitrogens with one attached hydrogen (secondary N) is 1. The lowest BCUT2D eigenvalue weighted by molar-refractivity contribution is 0.425. The van der Waals surface area contributed by atoms with E-state index in [1.165, 1.54) is 6.39 Å². The standard InChI is InChI=1S/C7H11N3O/c1-5-2-6(8-3-5)7-10-9-4-11-7/h4-6,8H,2-3H2,1H3/t5?,6-/m0/s1. The first-order valence-electron chi connectivity index (χ1n) is 3.85. The Morgan fingerprint density at radius 3 is 3.18 bits per heavy atom. The van der Waals surface area contributed by atoms with E-state index < -0.39 is 0 Å². The number of aromatic nitrogens is 2. The molecule has 11 heavy (non-hydrogen) atoms. The van der Waals surface area contributed by atoms with E-state index in [1.807, 2.05) is 0 Å². The molecule has 1 aliphatic rings. The van der Waals surface area contributed by atoms with E-state index in [4.69, 9.17) is 4.42 Å². The molecule has 0 amide bonds. The van der Waals surface area contributed by atoms with Crippen molar-refractivity contribution in [2.45, 2.75) is 19.4 Å². The predicted molar refractivity (Wildman–Crippen MR) is 38.8 cm³/mol. The minimum atomic E-state index is 0.285. The van der Waals surface area contributed by atoms with Crippen LogP contribution in [-0.4, -0.2) is 16.7 Å². The van der Waals surface area contributed by atoms with Crippen LogP contribution in [0.25, 0.3) is 0 Å². The van der Waals surface area contributed by atoms with E-state index in [0.29, 0.717) is 11.8 Å². The first kappa shape index (κ1) is 6.79. The fraction of sp³-hybridized carbons (Fsp3) is 0.714. The molecule has 1 N–H and O–H groups in total. The minimum Gasteiger partial charge on any atom is -0.426 e. The molecule has 0 spiro atoms. The van der Waals surface area contributed by atoms with E-state index in [2.05, 4.69) is 22.4 Å². The Morgan fingerprint density at radius 2 is 2.64 bits per heavy atom. The third-order valence-electron chi connectivity index (χ3n) is 2.03. The Morgan fingerprint density at radius 1 is 1.73 bits per heavy atom. The zero-order valence-electron chi connectivity index (χ0n) is 6.45. The SMILES string of the molecule is CC1CN[C@H](c2nnco2)C1. The van der Waals surface area contributed by atoms with Crippen molar-refractivity contribution >= 4 is 0 Å². The molecule has 4 nitrogen and oxygen atoms in total. The normalized spacial score (nSPS) is 31.0. The first-order valence-corrected chi connectivity index (χ1v) is 3.85. The average molecular weight is 153 g/mol. The molecule has 60 valence electrons. The number of rotatable bonds is 1. The molecular weight excluding hydrogens is 142 g/mol. The molecule has 1 fully saturated rings. The van der Waals surface area contributed by atoms with Crippen molar-refractivity contribution < 1.29 is 4.42 Å². The summed E-state index contributed by atoms with van der Waals surface area (Å²) < 4.78 is 5.08. The average Bonchev–Trinajstić information content (AvgIpc) is 2.55. The van der Waals surface area contributed by atoms with Gasteiger partial charge in [0.2, 0.25) is 12.3 Å². The molecule has 1 aromatic heterocycles. The maximum Gasteiger partial charge on any atom is 0.233 e. The third-order valence-corrected chi connectivity index (χ3v) is 2.03. The van der Waals surface area contributed by atoms with Crippen LogP contribution in [0.4, 0.5) is 0 Å². The van der Waals surface area contributed by atoms with Gasteiger partial charge in [0.25, 0.3) is 0 Å². The largest absolute Gasteiger partial charge is 0.426 e. The molecule has 1 aromatic rings. The van der Waals surface area contributed by atoms with E-state index in [-0.39, 0.29) is 6.04 Å². The van der Waals surface area contributed by atoms with Gasteiger partial charge in [-0.1, -0.05) is 6.92 Å². The van der Waals surface area contributed by atoms with Crippen LogP contribution in [0.3, 0.4) is 0 Å². The second-order valence-electron chi connectivity index (χ2n) is 3.08. The summed E-state index contributed by atoms with van der Waals surface area (Å²) in [4.78, 5) is 0. The zero-order chi connectivity index (χ0) is 7.68. The molecule has 0 radical (unpaired) electrons. The zero-order valence-corrected chi connectivity index (χ0v) is 6.45. The van der Waals surface area contributed by atoms with Gasteiger partial charge in [-0.05, 0) is 18.9 Å². The van der Waals surface area contributed by atoms with E-state index in [1.54, 1.807) is 0 Å². The van der Waals surface area contributed by atoms with Gasteiger partial charge >= 0.3 is 0 Å². The molecule has 0 aliphatic carbocycles. The summed E-state index contributed by atoms with van der Waals surface area (Å²) in [5.74, 6) is 1.43. The molecule has 4 heteroatoms. The Kier molecular flexibility index (Phi) is 1.62. The highest BCUT2D eigenvalue weighted by atomic mass is 16.4. The fourth-order valence-electron chi connectivity index (χ4n) is 1.43. The second-order valence-corrected chi connectivity index (χ2v) is 3.08. The van der Waals surface area contributed by atoms with Crippen LogP contribution < -0.4 is 5.32 Å². The molecule has 1 unspecified atom stereocenters. The maximum atomic E-state index is 5.08. The van der Waals surface area contributed by atoms with Crippen LogP contribution in [0.5, 0.6) is 0 Å². The summed E-state index contributed by atoms with van der Waals surface area (Å²) >= 11 is 0. The Balaban J connectivity index is 2.08. The summed E-state index contributed by atoms with van der Waals surface area (Å²) in [5.41, 5.74) is 0. The Bertz CT molecular complexity index is 222. The van der Waals surface area contributed by atoms with Gasteiger partial charge in [0, 0.05) is 0 Å². The van der Waals surface area contributed by atoms with Crippen LogP contribution in [0.2, 0.25) is 0 Å². The molecule has 0 aromatic carbocycles. The molecular formula is C7H11N3O. The fourth-order valence-corrected chi connectivity index (χ4v) is 1.43. The summed E-state index contributed by atoms with van der Waals surface area (Å²) in [6.07, 6.45) is 2.47. The van der Waals surface area contributed by atoms with Crippen LogP contribution >= 0.6 is 0 Å². The van der Waals surface area contributed by atoms with E-state index in [9.17, 15) is 0 Å². The number of hydrogen-bond donors (Lipinski definition) is 1. The van der Waals surface area contributed by atoms with Crippen molar-refractivity contribution in [3.63, 3.8) is 0 Å². The van der Waals surface area contributed by atoms with Crippen LogP contribution in [0.15, 0.2) is 10.8 Å². The lowest BCUT2D eigenvalue weighted by Gasteiger charge is -2.01. The maximum absolute atomic E-state index is 5.08. The molecule has 0 bridgehead atoms. The third kappa shape index (κ3) is 1.26. The van der Waals surface area contributed by atoms with Crippen LogP contribution in [0, 0.1) is 5.92 Å². The van der Waals surface area contributed by atoms with Crippen molar-refractivity contribution in [1.82, 2.24) is 15.5 Å². The summed E-state index contributed by atoms with van der Waals surface area (Å²) in [5, 5.41) is 10.8. The van der Waals surface area contributed by atoms with Gasteiger partial charge in [-0.25, -0.2) is 0 Å². The van der Waals surface area contributed by atoms with Crippen molar-refractivity contribution in [2.75, 3.05) is 6.54 Å². The highest BCUT2D eigenvalue weighted by Gasteiger charge is 2.25. The summed E-state index contributed by atoms with van der Waals surface area (Å²) in [7, 11) is 0. The molecule has 2 atom stereocenters. The second kappa shape index (κ2) is 2.62. The van der Waals surface area contributed by atoms with E-state index >= 15 is 0 Å². The van der Waals surface area contributed by atoms with Crippen molar-refractivity contribution in [2.24, 2.45) is 5.92 Å². The van der Waals surface area contributed by atoms with Gasteiger partial charge in [0.05, 0.1) is 6.04 Å². The highest BCUT2D eigenvalue weighted by molar-refractivity contribution is 4.91. The molecule has 1 aliphatic heterocycles. The van der Waals surface area contributed by atoms with Gasteiger partial charge in [0.15, 0.2) is 0 Å².